The van der Waals surface area contributed by atoms with Gasteiger partial charge in [-0.1, -0.05) is 0 Å². The summed E-state index contributed by atoms with van der Waals surface area (Å²) in [5, 5.41) is 2.71. The molecule has 21 heavy (non-hydrogen) atoms. The van der Waals surface area contributed by atoms with Crippen molar-refractivity contribution in [1.29, 1.82) is 0 Å². The van der Waals surface area contributed by atoms with Crippen molar-refractivity contribution in [2.45, 2.75) is 0 Å². The van der Waals surface area contributed by atoms with E-state index in [0.717, 1.165) is 0 Å². The first-order chi connectivity index (χ1) is 10.1. The second-order valence-corrected chi connectivity index (χ2v) is 5.02. The summed E-state index contributed by atoms with van der Waals surface area (Å²) in [4.78, 5) is 26.0. The predicted octanol–water partition coefficient (Wildman–Crippen LogP) is 2.77. The van der Waals surface area contributed by atoms with Gasteiger partial charge in [0, 0.05) is 18.1 Å². The number of hydrogen-bond acceptors (Lipinski definition) is 3. The fraction of sp³-hybridized carbons (Fsp3) is 0. The molecule has 3 rings (SSSR count). The summed E-state index contributed by atoms with van der Waals surface area (Å²) in [6.45, 7) is 0. The van der Waals surface area contributed by atoms with Crippen LogP contribution in [0.1, 0.15) is 10.6 Å². The van der Waals surface area contributed by atoms with Gasteiger partial charge in [-0.15, -0.1) is 0 Å². The maximum atomic E-state index is 11.9. The third-order valence-electron chi connectivity index (χ3n) is 2.85. The van der Waals surface area contributed by atoms with E-state index in [-0.39, 0.29) is 17.4 Å². The number of carbonyl (C=O) groups excluding carboxylic acids is 1. The summed E-state index contributed by atoms with van der Waals surface area (Å²) >= 11 is 3.14. The van der Waals surface area contributed by atoms with Crippen LogP contribution in [0.4, 0.5) is 5.69 Å². The van der Waals surface area contributed by atoms with Gasteiger partial charge in [0.05, 0.1) is 5.69 Å². The van der Waals surface area contributed by atoms with E-state index in [1.54, 1.807) is 48.8 Å². The Bertz CT molecular complexity index is 830. The van der Waals surface area contributed by atoms with Crippen LogP contribution >= 0.6 is 15.9 Å². The molecule has 0 fully saturated rings. The van der Waals surface area contributed by atoms with Crippen LogP contribution in [0.3, 0.4) is 0 Å². The fourth-order valence-electron chi connectivity index (χ4n) is 1.86. The van der Waals surface area contributed by atoms with Gasteiger partial charge in [-0.3, -0.25) is 9.36 Å². The molecular formula is C14H10BrN3O3. The maximum absolute atomic E-state index is 11.9. The van der Waals surface area contributed by atoms with Crippen molar-refractivity contribution in [3.8, 4) is 5.69 Å². The second kappa shape index (κ2) is 5.45. The summed E-state index contributed by atoms with van der Waals surface area (Å²) in [7, 11) is 0. The number of nitrogens with one attached hydrogen (secondary N) is 2. The summed E-state index contributed by atoms with van der Waals surface area (Å²) in [5.74, 6) is -0.125. The Labute approximate surface area is 127 Å². The summed E-state index contributed by atoms with van der Waals surface area (Å²) in [5.41, 5.74) is 1.10. The third kappa shape index (κ3) is 2.82. The molecule has 0 atom stereocenters. The van der Waals surface area contributed by atoms with Gasteiger partial charge in [-0.2, -0.15) is 0 Å². The summed E-state index contributed by atoms with van der Waals surface area (Å²) < 4.78 is 7.13. The van der Waals surface area contributed by atoms with Crippen LogP contribution in [0.15, 0.2) is 62.7 Å². The number of imidazole rings is 1. The molecule has 0 unspecified atom stereocenters. The van der Waals surface area contributed by atoms with Crippen molar-refractivity contribution in [2.24, 2.45) is 0 Å². The number of aromatic nitrogens is 2. The fourth-order valence-corrected chi connectivity index (χ4v) is 2.16. The largest absolute Gasteiger partial charge is 0.444 e. The molecule has 2 aromatic heterocycles. The molecule has 6 nitrogen and oxygen atoms in total. The molecule has 2 N–H and O–H groups in total. The average molecular weight is 348 g/mol. The lowest BCUT2D eigenvalue weighted by Crippen LogP contribution is -2.14. The molecule has 1 amide bonds. The first-order valence-electron chi connectivity index (χ1n) is 6.06. The number of H-pyrrole nitrogens is 1. The molecule has 0 aliphatic rings. The van der Waals surface area contributed by atoms with E-state index in [2.05, 4.69) is 26.2 Å². The van der Waals surface area contributed by atoms with Crippen molar-refractivity contribution in [1.82, 2.24) is 9.55 Å². The van der Waals surface area contributed by atoms with Crippen molar-refractivity contribution in [3.63, 3.8) is 0 Å². The van der Waals surface area contributed by atoms with E-state index in [0.29, 0.717) is 16.0 Å². The molecule has 106 valence electrons. The van der Waals surface area contributed by atoms with E-state index < -0.39 is 0 Å². The number of aromatic amines is 1. The SMILES string of the molecule is O=C(Nc1ccc(-n2cc[nH]c2=O)cc1)c1ccc(Br)o1. The highest BCUT2D eigenvalue weighted by Gasteiger charge is 2.10. The van der Waals surface area contributed by atoms with Crippen molar-refractivity contribution in [3.05, 3.63) is 69.7 Å². The van der Waals surface area contributed by atoms with E-state index in [9.17, 15) is 9.59 Å². The summed E-state index contributed by atoms with van der Waals surface area (Å²) in [6, 6.07) is 10.1. The Morgan fingerprint density at radius 3 is 2.52 bits per heavy atom. The smallest absolute Gasteiger partial charge is 0.330 e. The Morgan fingerprint density at radius 1 is 1.19 bits per heavy atom. The van der Waals surface area contributed by atoms with Crippen LogP contribution < -0.4 is 11.0 Å². The van der Waals surface area contributed by atoms with Crippen LogP contribution in [0, 0.1) is 0 Å². The zero-order valence-corrected chi connectivity index (χ0v) is 12.3. The second-order valence-electron chi connectivity index (χ2n) is 4.24. The number of benzene rings is 1. The molecule has 2 heterocycles. The summed E-state index contributed by atoms with van der Waals surface area (Å²) in [6.07, 6.45) is 3.20. The van der Waals surface area contributed by atoms with E-state index in [1.807, 2.05) is 0 Å². The maximum Gasteiger partial charge on any atom is 0.330 e. The number of halogens is 1. The first kappa shape index (κ1) is 13.4. The number of nitrogens with zero attached hydrogens (tertiary/aromatic N) is 1. The minimum atomic E-state index is -0.340. The van der Waals surface area contributed by atoms with Gasteiger partial charge < -0.3 is 14.7 Å². The number of amides is 1. The number of furan rings is 1. The molecular weight excluding hydrogens is 338 g/mol. The molecule has 0 saturated carbocycles. The van der Waals surface area contributed by atoms with Crippen LogP contribution in [-0.2, 0) is 0 Å². The lowest BCUT2D eigenvalue weighted by atomic mass is 10.2. The monoisotopic (exact) mass is 347 g/mol. The van der Waals surface area contributed by atoms with Gasteiger partial charge in [0.2, 0.25) is 0 Å². The quantitative estimate of drug-likeness (QED) is 0.764. The molecule has 0 bridgehead atoms. The van der Waals surface area contributed by atoms with Crippen LogP contribution in [0.2, 0.25) is 0 Å². The number of rotatable bonds is 3. The molecule has 1 aromatic carbocycles. The van der Waals surface area contributed by atoms with Gasteiger partial charge >= 0.3 is 5.69 Å². The van der Waals surface area contributed by atoms with Crippen molar-refractivity contribution in [2.75, 3.05) is 5.32 Å². The topological polar surface area (TPSA) is 80.0 Å². The highest BCUT2D eigenvalue weighted by Crippen LogP contribution is 2.17. The highest BCUT2D eigenvalue weighted by molar-refractivity contribution is 9.10. The van der Waals surface area contributed by atoms with E-state index in [4.69, 9.17) is 4.42 Å². The van der Waals surface area contributed by atoms with Crippen LogP contribution in [0.25, 0.3) is 5.69 Å². The Kier molecular flexibility index (Phi) is 3.49. The zero-order valence-electron chi connectivity index (χ0n) is 10.7. The Morgan fingerprint density at radius 2 is 1.95 bits per heavy atom. The third-order valence-corrected chi connectivity index (χ3v) is 3.28. The van der Waals surface area contributed by atoms with Gasteiger partial charge in [0.1, 0.15) is 0 Å². The zero-order chi connectivity index (χ0) is 14.8. The lowest BCUT2D eigenvalue weighted by molar-refractivity contribution is 0.0995. The Balaban J connectivity index is 1.77. The lowest BCUT2D eigenvalue weighted by Gasteiger charge is -2.05. The average Bonchev–Trinajstić information content (AvgIpc) is 3.08. The number of hydrogen-bond donors (Lipinski definition) is 2. The van der Waals surface area contributed by atoms with Gasteiger partial charge in [-0.05, 0) is 52.3 Å². The van der Waals surface area contributed by atoms with Crippen LogP contribution in [0.5, 0.6) is 0 Å². The van der Waals surface area contributed by atoms with Gasteiger partial charge in [0.25, 0.3) is 5.91 Å². The minimum Gasteiger partial charge on any atom is -0.444 e. The number of carbonyl (C=O) groups is 1. The standard InChI is InChI=1S/C14H10BrN3O3/c15-12-6-5-11(21-12)13(19)17-9-1-3-10(4-2-9)18-8-7-16-14(18)20/h1-8H,(H,16,20)(H,17,19). The number of anilines is 1. The normalized spacial score (nSPS) is 10.5. The molecule has 0 radical (unpaired) electrons. The molecule has 0 spiro atoms. The van der Waals surface area contributed by atoms with Gasteiger partial charge in [-0.25, -0.2) is 4.79 Å². The first-order valence-corrected chi connectivity index (χ1v) is 6.86. The molecule has 3 aromatic rings. The van der Waals surface area contributed by atoms with E-state index >= 15 is 0 Å². The minimum absolute atomic E-state index is 0.216. The van der Waals surface area contributed by atoms with Crippen molar-refractivity contribution < 1.29 is 9.21 Å². The van der Waals surface area contributed by atoms with Gasteiger partial charge in [0.15, 0.2) is 10.4 Å². The molecule has 7 heteroatoms. The highest BCUT2D eigenvalue weighted by atomic mass is 79.9. The van der Waals surface area contributed by atoms with Crippen molar-refractivity contribution >= 4 is 27.5 Å². The predicted molar refractivity (Wildman–Crippen MR) is 80.8 cm³/mol. The van der Waals surface area contributed by atoms with Crippen LogP contribution in [-0.4, -0.2) is 15.5 Å². The molecule has 0 aliphatic heterocycles. The Hall–Kier alpha value is -2.54. The molecule has 0 saturated heterocycles. The van der Waals surface area contributed by atoms with E-state index in [1.165, 1.54) is 4.57 Å². The molecule has 0 aliphatic carbocycles.